The maximum atomic E-state index is 17.4. The second kappa shape index (κ2) is 19.9. The average Bonchev–Trinajstić information content (AvgIpc) is 4.02. The molecule has 380 valence electrons. The number of nitrogens with zero attached hydrogens (tertiary/aromatic N) is 7. The van der Waals surface area contributed by atoms with Crippen LogP contribution in [0.15, 0.2) is 53.2 Å². The number of hydrogen-bond donors (Lipinski definition) is 2. The van der Waals surface area contributed by atoms with Crippen molar-refractivity contribution in [2.45, 2.75) is 102 Å². The summed E-state index contributed by atoms with van der Waals surface area (Å²) in [5, 5.41) is 20.3. The third-order valence-electron chi connectivity index (χ3n) is 16.1. The van der Waals surface area contributed by atoms with Gasteiger partial charge in [0.25, 0.3) is 0 Å². The van der Waals surface area contributed by atoms with E-state index in [2.05, 4.69) is 37.4 Å². The number of piperidine rings is 4. The summed E-state index contributed by atoms with van der Waals surface area (Å²) in [7, 11) is 1.52. The number of carbonyl (C=O) groups excluding carboxylic acids is 2. The van der Waals surface area contributed by atoms with Gasteiger partial charge in [-0.3, -0.25) is 19.9 Å². The number of ether oxygens (including phenoxy) is 3. The lowest BCUT2D eigenvalue weighted by Gasteiger charge is -2.38. The maximum absolute atomic E-state index is 17.4. The van der Waals surface area contributed by atoms with Crippen molar-refractivity contribution in [3.63, 3.8) is 0 Å². The van der Waals surface area contributed by atoms with Crippen LogP contribution in [0, 0.1) is 23.0 Å². The number of carbonyl (C=O) groups is 2. The van der Waals surface area contributed by atoms with E-state index in [-0.39, 0.29) is 47.1 Å². The minimum Gasteiger partial charge on any atom is -0.468 e. The molecule has 4 saturated heterocycles. The molecule has 72 heavy (non-hydrogen) atoms. The van der Waals surface area contributed by atoms with E-state index in [4.69, 9.17) is 28.7 Å². The van der Waals surface area contributed by atoms with Crippen LogP contribution in [-0.2, 0) is 20.7 Å². The van der Waals surface area contributed by atoms with E-state index in [0.29, 0.717) is 107 Å². The van der Waals surface area contributed by atoms with Crippen LogP contribution < -0.4 is 19.7 Å². The molecule has 7 heterocycles. The number of β-amino-alcohol motifs (C(OH)–C–C–N with tert-alkyl or cyclic N) is 1. The fraction of sp³-hybridized carbons (Fsp3) is 0.527. The van der Waals surface area contributed by atoms with Crippen molar-refractivity contribution >= 4 is 50.3 Å². The summed E-state index contributed by atoms with van der Waals surface area (Å²) in [4.78, 5) is 45.7. The molecule has 0 spiro atoms. The predicted molar refractivity (Wildman–Crippen MR) is 268 cm³/mol. The molecule has 15 nitrogen and oxygen atoms in total. The van der Waals surface area contributed by atoms with Gasteiger partial charge in [0, 0.05) is 62.3 Å². The number of likely N-dealkylation sites (tertiary alicyclic amines) is 2. The Hall–Kier alpha value is -5.88. The molecule has 0 radical (unpaired) electrons. The fourth-order valence-electron chi connectivity index (χ4n) is 11.9. The molecule has 5 fully saturated rings. The Balaban J connectivity index is 0.743. The van der Waals surface area contributed by atoms with Gasteiger partial charge in [0.1, 0.15) is 34.3 Å². The number of aliphatic hydroxyl groups is 1. The van der Waals surface area contributed by atoms with Crippen LogP contribution in [0.25, 0.3) is 43.9 Å². The summed E-state index contributed by atoms with van der Waals surface area (Å²) in [6.45, 7) is 11.2. The first-order chi connectivity index (χ1) is 34.9. The summed E-state index contributed by atoms with van der Waals surface area (Å²) in [6, 6.07) is 12.9. The topological polar surface area (TPSA) is 169 Å². The number of rotatable bonds is 15. The van der Waals surface area contributed by atoms with E-state index in [1.54, 1.807) is 24.4 Å². The number of pyridine rings is 1. The Morgan fingerprint density at radius 2 is 1.72 bits per heavy atom. The van der Waals surface area contributed by atoms with Gasteiger partial charge in [0.2, 0.25) is 11.8 Å². The standard InChI is InChI=1S/C55H64F2N8O7/c1-4-38-43(56)10-7-36-24-37(71-32-69-3)26-41(46(36)38)49-47(57)50-42(27-58-49)51(65-19-5-16-54(2,68)29-65)61-53(60-50)70-31-55(17-18-55)30-64-20-12-33(13-21-64)28-63-22-14-34(15-23-63)35-6-8-39-44(25-35)72-62-48(39)40-9-11-45(66)59-52(40)67/h6-8,10,24-27,33-34,40,68H,4-5,9,11-23,28-32H2,1-3H3,(H,59,66,67)/t40?,54-/m1/s1. The van der Waals surface area contributed by atoms with Gasteiger partial charge in [-0.05, 0) is 161 Å². The highest BCUT2D eigenvalue weighted by Crippen LogP contribution is 2.48. The number of fused-ring (bicyclic) bond motifs is 3. The number of benzene rings is 3. The summed E-state index contributed by atoms with van der Waals surface area (Å²) in [5.74, 6) is -0.122. The Labute approximate surface area is 417 Å². The number of methoxy groups -OCH3 is 1. The first-order valence-corrected chi connectivity index (χ1v) is 25.9. The van der Waals surface area contributed by atoms with Gasteiger partial charge < -0.3 is 38.5 Å². The zero-order valence-corrected chi connectivity index (χ0v) is 41.5. The van der Waals surface area contributed by atoms with Crippen molar-refractivity contribution in [3.05, 3.63) is 77.1 Å². The number of hydrogen-bond acceptors (Lipinski definition) is 14. The number of aryl methyl sites for hydroxylation is 1. The zero-order chi connectivity index (χ0) is 49.7. The second-order valence-corrected chi connectivity index (χ2v) is 21.4. The number of amides is 2. The van der Waals surface area contributed by atoms with Crippen molar-refractivity contribution in [2.75, 3.05) is 77.8 Å². The van der Waals surface area contributed by atoms with Crippen LogP contribution in [0.3, 0.4) is 0 Å². The lowest BCUT2D eigenvalue weighted by atomic mass is 9.87. The molecule has 11 rings (SSSR count). The highest BCUT2D eigenvalue weighted by Gasteiger charge is 2.46. The quantitative estimate of drug-likeness (QED) is 0.0743. The van der Waals surface area contributed by atoms with Gasteiger partial charge in [-0.1, -0.05) is 24.2 Å². The van der Waals surface area contributed by atoms with Gasteiger partial charge in [0.15, 0.2) is 18.2 Å². The number of aromatic nitrogens is 4. The highest BCUT2D eigenvalue weighted by atomic mass is 19.1. The number of anilines is 1. The van der Waals surface area contributed by atoms with Crippen LogP contribution >= 0.6 is 0 Å². The molecule has 17 heteroatoms. The third-order valence-corrected chi connectivity index (χ3v) is 16.1. The first kappa shape index (κ1) is 48.4. The molecule has 5 aliphatic rings. The molecular formula is C55H64F2N8O7. The van der Waals surface area contributed by atoms with Gasteiger partial charge in [-0.2, -0.15) is 9.97 Å². The Morgan fingerprint density at radius 3 is 2.47 bits per heavy atom. The minimum absolute atomic E-state index is 0.00867. The van der Waals surface area contributed by atoms with E-state index in [9.17, 15) is 14.7 Å². The van der Waals surface area contributed by atoms with Crippen LogP contribution in [0.5, 0.6) is 11.8 Å². The van der Waals surface area contributed by atoms with E-state index in [0.717, 1.165) is 89.6 Å². The van der Waals surface area contributed by atoms with Crippen molar-refractivity contribution in [3.8, 4) is 23.0 Å². The number of nitrogens with one attached hydrogen (secondary N) is 1. The lowest BCUT2D eigenvalue weighted by Crippen LogP contribution is -2.46. The smallest absolute Gasteiger partial charge is 0.319 e. The molecular weight excluding hydrogens is 923 g/mol. The maximum Gasteiger partial charge on any atom is 0.319 e. The minimum atomic E-state index is -0.960. The second-order valence-electron chi connectivity index (χ2n) is 21.4. The molecule has 2 amide bonds. The third kappa shape index (κ3) is 9.84. The normalized spacial score (nSPS) is 22.5. The van der Waals surface area contributed by atoms with Crippen LogP contribution in [0.2, 0.25) is 0 Å². The van der Waals surface area contributed by atoms with Crippen molar-refractivity contribution in [1.82, 2.24) is 35.2 Å². The van der Waals surface area contributed by atoms with Gasteiger partial charge in [0.05, 0.1) is 23.5 Å². The summed E-state index contributed by atoms with van der Waals surface area (Å²) >= 11 is 0. The zero-order valence-electron chi connectivity index (χ0n) is 41.5. The average molecular weight is 987 g/mol. The van der Waals surface area contributed by atoms with E-state index < -0.39 is 17.3 Å². The van der Waals surface area contributed by atoms with E-state index in [1.165, 1.54) is 18.7 Å². The summed E-state index contributed by atoms with van der Waals surface area (Å²) in [5.41, 5.74) is 2.42. The molecule has 1 saturated carbocycles. The Morgan fingerprint density at radius 1 is 0.917 bits per heavy atom. The highest BCUT2D eigenvalue weighted by molar-refractivity contribution is 6.03. The first-order valence-electron chi connectivity index (χ1n) is 25.9. The Kier molecular flexibility index (Phi) is 13.3. The molecule has 3 aromatic heterocycles. The van der Waals surface area contributed by atoms with Crippen molar-refractivity contribution in [2.24, 2.45) is 11.3 Å². The lowest BCUT2D eigenvalue weighted by molar-refractivity contribution is -0.134. The van der Waals surface area contributed by atoms with Gasteiger partial charge in [-0.25, -0.2) is 8.78 Å². The predicted octanol–water partition coefficient (Wildman–Crippen LogP) is 8.43. The molecule has 4 aliphatic heterocycles. The molecule has 3 aromatic carbocycles. The molecule has 2 atom stereocenters. The molecule has 0 bridgehead atoms. The molecule has 2 N–H and O–H groups in total. The number of halogens is 2. The van der Waals surface area contributed by atoms with Crippen molar-refractivity contribution < 1.29 is 42.2 Å². The van der Waals surface area contributed by atoms with Gasteiger partial charge >= 0.3 is 6.01 Å². The fourth-order valence-corrected chi connectivity index (χ4v) is 11.9. The largest absolute Gasteiger partial charge is 0.468 e. The summed E-state index contributed by atoms with van der Waals surface area (Å²) in [6.07, 6.45) is 10.6. The SMILES string of the molecule is CCc1c(F)ccc2cc(OCOC)cc(-c3ncc4c(N5CCC[C@@](C)(O)C5)nc(OCC5(CN6CCC(CN7CCC(c8ccc9c(C%10CCC(=O)NC%10=O)noc9c8)CC7)CC6)CC5)nc4c3F)c12. The van der Waals surface area contributed by atoms with Crippen LogP contribution in [-0.4, -0.2) is 125 Å². The van der Waals surface area contributed by atoms with Crippen LogP contribution in [0.1, 0.15) is 107 Å². The van der Waals surface area contributed by atoms with E-state index in [1.807, 2.05) is 24.8 Å². The number of imide groups is 1. The Bertz CT molecular complexity index is 3020. The summed E-state index contributed by atoms with van der Waals surface area (Å²) < 4.78 is 56.0. The van der Waals surface area contributed by atoms with Gasteiger partial charge in [-0.15, -0.1) is 0 Å². The molecule has 1 aliphatic carbocycles. The van der Waals surface area contributed by atoms with E-state index >= 15 is 8.78 Å². The monoisotopic (exact) mass is 986 g/mol. The molecule has 1 unspecified atom stereocenters. The molecule has 6 aromatic rings. The van der Waals surface area contributed by atoms with Crippen LogP contribution in [0.4, 0.5) is 14.6 Å². The van der Waals surface area contributed by atoms with Crippen molar-refractivity contribution in [1.29, 1.82) is 0 Å².